The highest BCUT2D eigenvalue weighted by molar-refractivity contribution is 6.28. The third kappa shape index (κ3) is 4.18. The molecular formula is C13H23ClN6. The van der Waals surface area contributed by atoms with Gasteiger partial charge in [0, 0.05) is 33.2 Å². The van der Waals surface area contributed by atoms with Gasteiger partial charge in [0.05, 0.1) is 0 Å². The van der Waals surface area contributed by atoms with Gasteiger partial charge in [-0.05, 0) is 45.0 Å². The quantitative estimate of drug-likeness (QED) is 0.821. The van der Waals surface area contributed by atoms with Gasteiger partial charge in [-0.15, -0.1) is 0 Å². The topological polar surface area (TPSA) is 48.4 Å². The van der Waals surface area contributed by atoms with E-state index in [4.69, 9.17) is 11.6 Å². The predicted molar refractivity (Wildman–Crippen MR) is 82.7 cm³/mol. The number of hydrogen-bond donors (Lipinski definition) is 0. The largest absolute Gasteiger partial charge is 0.342 e. The Morgan fingerprint density at radius 3 is 2.35 bits per heavy atom. The van der Waals surface area contributed by atoms with Crippen molar-refractivity contribution in [3.05, 3.63) is 5.28 Å². The Morgan fingerprint density at radius 1 is 1.00 bits per heavy atom. The molecule has 0 aliphatic carbocycles. The Morgan fingerprint density at radius 2 is 1.70 bits per heavy atom. The van der Waals surface area contributed by atoms with Gasteiger partial charge < -0.3 is 14.7 Å². The number of halogens is 1. The third-order valence-electron chi connectivity index (χ3n) is 3.45. The summed E-state index contributed by atoms with van der Waals surface area (Å²) in [4.78, 5) is 19.4. The Balaban J connectivity index is 2.10. The summed E-state index contributed by atoms with van der Waals surface area (Å²) in [5.74, 6) is 1.35. The Bertz CT molecular complexity index is 433. The van der Waals surface area contributed by atoms with Gasteiger partial charge in [-0.1, -0.05) is 0 Å². The predicted octanol–water partition coefficient (Wildman–Crippen LogP) is 1.51. The van der Waals surface area contributed by atoms with E-state index >= 15 is 0 Å². The molecular weight excluding hydrogens is 276 g/mol. The molecule has 20 heavy (non-hydrogen) atoms. The second-order valence-electron chi connectivity index (χ2n) is 5.48. The molecule has 6 nitrogen and oxygen atoms in total. The summed E-state index contributed by atoms with van der Waals surface area (Å²) in [6, 6.07) is 0. The van der Waals surface area contributed by atoms with Crippen molar-refractivity contribution in [1.29, 1.82) is 0 Å². The minimum absolute atomic E-state index is 0.271. The van der Waals surface area contributed by atoms with E-state index in [1.54, 1.807) is 0 Å². The van der Waals surface area contributed by atoms with E-state index in [0.717, 1.165) is 26.2 Å². The highest BCUT2D eigenvalue weighted by Crippen LogP contribution is 2.19. The smallest absolute Gasteiger partial charge is 0.231 e. The van der Waals surface area contributed by atoms with Crippen LogP contribution < -0.4 is 9.80 Å². The molecule has 0 atom stereocenters. The zero-order chi connectivity index (χ0) is 14.5. The zero-order valence-electron chi connectivity index (χ0n) is 12.5. The van der Waals surface area contributed by atoms with Gasteiger partial charge >= 0.3 is 0 Å². The van der Waals surface area contributed by atoms with E-state index in [1.165, 1.54) is 19.3 Å². The number of piperidine rings is 1. The summed E-state index contributed by atoms with van der Waals surface area (Å²) < 4.78 is 0. The summed E-state index contributed by atoms with van der Waals surface area (Å²) in [6.45, 7) is 3.80. The van der Waals surface area contributed by atoms with Crippen LogP contribution in [-0.4, -0.2) is 67.2 Å². The molecule has 2 rings (SSSR count). The lowest BCUT2D eigenvalue weighted by Gasteiger charge is -2.27. The van der Waals surface area contributed by atoms with Crippen LogP contribution in [0.2, 0.25) is 5.28 Å². The maximum absolute atomic E-state index is 6.05. The number of aromatic nitrogens is 3. The van der Waals surface area contributed by atoms with Crippen LogP contribution >= 0.6 is 11.6 Å². The molecule has 0 bridgehead atoms. The fourth-order valence-electron chi connectivity index (χ4n) is 2.19. The first kappa shape index (κ1) is 15.3. The van der Waals surface area contributed by atoms with Crippen molar-refractivity contribution >= 4 is 23.5 Å². The SMILES string of the molecule is CN(C)CCN(C)c1nc(Cl)nc(N2CCCCC2)n1. The maximum Gasteiger partial charge on any atom is 0.231 e. The van der Waals surface area contributed by atoms with Gasteiger partial charge in [0.1, 0.15) is 0 Å². The standard InChI is InChI=1S/C13H23ClN6/c1-18(2)9-10-19(3)12-15-11(14)16-13(17-12)20-7-5-4-6-8-20/h4-10H2,1-3H3. The molecule has 0 N–H and O–H groups in total. The first-order valence-corrected chi connectivity index (χ1v) is 7.46. The molecule has 1 aromatic heterocycles. The van der Waals surface area contributed by atoms with Crippen molar-refractivity contribution in [2.75, 3.05) is 57.1 Å². The van der Waals surface area contributed by atoms with Crippen LogP contribution in [0.15, 0.2) is 0 Å². The van der Waals surface area contributed by atoms with Crippen LogP contribution in [0, 0.1) is 0 Å². The molecule has 0 saturated carbocycles. The van der Waals surface area contributed by atoms with Crippen molar-refractivity contribution < 1.29 is 0 Å². The van der Waals surface area contributed by atoms with Gasteiger partial charge in [0.2, 0.25) is 17.2 Å². The summed E-state index contributed by atoms with van der Waals surface area (Å²) in [5.41, 5.74) is 0. The first-order chi connectivity index (χ1) is 9.56. The lowest BCUT2D eigenvalue weighted by Crippen LogP contribution is -2.33. The third-order valence-corrected chi connectivity index (χ3v) is 3.62. The number of rotatable bonds is 5. The van der Waals surface area contributed by atoms with Gasteiger partial charge in [0.15, 0.2) is 0 Å². The zero-order valence-corrected chi connectivity index (χ0v) is 13.3. The van der Waals surface area contributed by atoms with Crippen LogP contribution in [0.25, 0.3) is 0 Å². The lowest BCUT2D eigenvalue weighted by atomic mass is 10.1. The second kappa shape index (κ2) is 7.04. The first-order valence-electron chi connectivity index (χ1n) is 7.08. The summed E-state index contributed by atoms with van der Waals surface area (Å²) >= 11 is 6.05. The van der Waals surface area contributed by atoms with E-state index in [-0.39, 0.29) is 5.28 Å². The second-order valence-corrected chi connectivity index (χ2v) is 5.82. The van der Waals surface area contributed by atoms with Crippen molar-refractivity contribution in [3.8, 4) is 0 Å². The summed E-state index contributed by atoms with van der Waals surface area (Å²) in [7, 11) is 6.08. The van der Waals surface area contributed by atoms with Gasteiger partial charge in [-0.3, -0.25) is 0 Å². The van der Waals surface area contributed by atoms with Crippen molar-refractivity contribution in [2.24, 2.45) is 0 Å². The molecule has 1 saturated heterocycles. The van der Waals surface area contributed by atoms with E-state index in [1.807, 2.05) is 26.0 Å². The van der Waals surface area contributed by atoms with E-state index in [2.05, 4.69) is 24.8 Å². The Labute approximate surface area is 125 Å². The van der Waals surface area contributed by atoms with Crippen LogP contribution in [0.5, 0.6) is 0 Å². The van der Waals surface area contributed by atoms with Crippen molar-refractivity contribution in [2.45, 2.75) is 19.3 Å². The molecule has 112 valence electrons. The molecule has 0 radical (unpaired) electrons. The average molecular weight is 299 g/mol. The molecule has 1 aromatic rings. The monoisotopic (exact) mass is 298 g/mol. The highest BCUT2D eigenvalue weighted by atomic mass is 35.5. The molecule has 1 fully saturated rings. The number of nitrogens with zero attached hydrogens (tertiary/aromatic N) is 6. The van der Waals surface area contributed by atoms with Crippen LogP contribution in [0.4, 0.5) is 11.9 Å². The summed E-state index contributed by atoms with van der Waals surface area (Å²) in [6.07, 6.45) is 3.66. The fourth-order valence-corrected chi connectivity index (χ4v) is 2.34. The van der Waals surface area contributed by atoms with Crippen molar-refractivity contribution in [1.82, 2.24) is 19.9 Å². The molecule has 2 heterocycles. The van der Waals surface area contributed by atoms with Crippen LogP contribution in [-0.2, 0) is 0 Å². The molecule has 1 aliphatic heterocycles. The van der Waals surface area contributed by atoms with Gasteiger partial charge in [-0.2, -0.15) is 15.0 Å². The number of likely N-dealkylation sites (N-methyl/N-ethyl adjacent to an activating group) is 2. The van der Waals surface area contributed by atoms with E-state index in [9.17, 15) is 0 Å². The Hall–Kier alpha value is -1.14. The normalized spacial score (nSPS) is 15.8. The Kier molecular flexibility index (Phi) is 5.37. The maximum atomic E-state index is 6.05. The van der Waals surface area contributed by atoms with Crippen molar-refractivity contribution in [3.63, 3.8) is 0 Å². The molecule has 0 unspecified atom stereocenters. The number of hydrogen-bond acceptors (Lipinski definition) is 6. The molecule has 7 heteroatoms. The van der Waals surface area contributed by atoms with Crippen LogP contribution in [0.1, 0.15) is 19.3 Å². The molecule has 0 spiro atoms. The van der Waals surface area contributed by atoms with Gasteiger partial charge in [0.25, 0.3) is 0 Å². The minimum Gasteiger partial charge on any atom is -0.342 e. The van der Waals surface area contributed by atoms with E-state index < -0.39 is 0 Å². The highest BCUT2D eigenvalue weighted by Gasteiger charge is 2.17. The van der Waals surface area contributed by atoms with Gasteiger partial charge in [-0.25, -0.2) is 0 Å². The minimum atomic E-state index is 0.271. The molecule has 1 aliphatic rings. The lowest BCUT2D eigenvalue weighted by molar-refractivity contribution is 0.415. The average Bonchev–Trinajstić information content (AvgIpc) is 2.45. The molecule has 0 amide bonds. The molecule has 0 aromatic carbocycles. The van der Waals surface area contributed by atoms with E-state index in [0.29, 0.717) is 11.9 Å². The summed E-state index contributed by atoms with van der Waals surface area (Å²) in [5, 5.41) is 0.271. The number of anilines is 2. The fraction of sp³-hybridized carbons (Fsp3) is 0.769. The van der Waals surface area contributed by atoms with Crippen LogP contribution in [0.3, 0.4) is 0 Å².